The van der Waals surface area contributed by atoms with Gasteiger partial charge in [-0.2, -0.15) is 0 Å². The number of hydrogen-bond acceptors (Lipinski definition) is 4. The van der Waals surface area contributed by atoms with Gasteiger partial charge in [0.25, 0.3) is 5.91 Å². The lowest BCUT2D eigenvalue weighted by atomic mass is 10.2. The van der Waals surface area contributed by atoms with Crippen LogP contribution in [0.25, 0.3) is 0 Å². The van der Waals surface area contributed by atoms with Crippen molar-refractivity contribution in [2.24, 2.45) is 0 Å². The number of halogens is 1. The second-order valence-electron chi connectivity index (χ2n) is 6.74. The van der Waals surface area contributed by atoms with Crippen LogP contribution in [0.3, 0.4) is 0 Å². The van der Waals surface area contributed by atoms with Gasteiger partial charge in [0.15, 0.2) is 0 Å². The number of nitrogens with zero attached hydrogens (tertiary/aromatic N) is 3. The van der Waals surface area contributed by atoms with Gasteiger partial charge in [-0.1, -0.05) is 48.5 Å². The molecule has 0 fully saturated rings. The van der Waals surface area contributed by atoms with E-state index in [0.717, 1.165) is 0 Å². The number of nitrogens with one attached hydrogen (secondary N) is 1. The molecule has 28 heavy (non-hydrogen) atoms. The van der Waals surface area contributed by atoms with E-state index in [0.29, 0.717) is 17.9 Å². The molecule has 1 aromatic heterocycles. The molecular formula is C22H23FN4O. The molecule has 0 bridgehead atoms. The number of rotatable bonds is 7. The van der Waals surface area contributed by atoms with Crippen molar-refractivity contribution in [2.45, 2.75) is 33.0 Å². The van der Waals surface area contributed by atoms with Crippen LogP contribution in [0.2, 0.25) is 0 Å². The summed E-state index contributed by atoms with van der Waals surface area (Å²) in [6.45, 7) is 4.96. The van der Waals surface area contributed by atoms with Gasteiger partial charge in [0.05, 0.1) is 12.4 Å². The van der Waals surface area contributed by atoms with Crippen molar-refractivity contribution < 1.29 is 9.18 Å². The van der Waals surface area contributed by atoms with Crippen LogP contribution >= 0.6 is 0 Å². The standard InChI is InChI=1S/C22H23FN4O/c1-16(2)27(15-17-8-4-3-5-9-17)21-14-24-20(13-25-21)22(28)26-12-18-10-6-7-11-19(18)23/h3-11,13-14,16H,12,15H2,1-2H3,(H,26,28). The van der Waals surface area contributed by atoms with E-state index in [1.807, 2.05) is 18.2 Å². The predicted molar refractivity (Wildman–Crippen MR) is 107 cm³/mol. The fraction of sp³-hybridized carbons (Fsp3) is 0.227. The van der Waals surface area contributed by atoms with Gasteiger partial charge in [-0.15, -0.1) is 0 Å². The molecule has 2 aromatic carbocycles. The lowest BCUT2D eigenvalue weighted by molar-refractivity contribution is 0.0945. The van der Waals surface area contributed by atoms with Crippen LogP contribution in [0.4, 0.5) is 10.2 Å². The summed E-state index contributed by atoms with van der Waals surface area (Å²) in [5, 5.41) is 2.67. The molecule has 3 aromatic rings. The van der Waals surface area contributed by atoms with Crippen LogP contribution in [0, 0.1) is 5.82 Å². The van der Waals surface area contributed by atoms with Gasteiger partial charge in [0.2, 0.25) is 0 Å². The van der Waals surface area contributed by atoms with E-state index in [9.17, 15) is 9.18 Å². The Bertz CT molecular complexity index is 913. The topological polar surface area (TPSA) is 58.1 Å². The van der Waals surface area contributed by atoms with E-state index in [2.05, 4.69) is 46.2 Å². The van der Waals surface area contributed by atoms with Gasteiger partial charge in [-0.05, 0) is 25.5 Å². The molecule has 1 N–H and O–H groups in total. The Labute approximate surface area is 164 Å². The van der Waals surface area contributed by atoms with Crippen molar-refractivity contribution in [3.63, 3.8) is 0 Å². The number of carbonyl (C=O) groups excluding carboxylic acids is 1. The van der Waals surface area contributed by atoms with Gasteiger partial charge in [-0.3, -0.25) is 4.79 Å². The number of carbonyl (C=O) groups is 1. The van der Waals surface area contributed by atoms with Crippen molar-refractivity contribution in [1.82, 2.24) is 15.3 Å². The highest BCUT2D eigenvalue weighted by Gasteiger charge is 2.15. The zero-order valence-electron chi connectivity index (χ0n) is 16.0. The van der Waals surface area contributed by atoms with Crippen molar-refractivity contribution in [1.29, 1.82) is 0 Å². The SMILES string of the molecule is CC(C)N(Cc1ccccc1)c1cnc(C(=O)NCc2ccccc2F)cn1. The molecular weight excluding hydrogens is 355 g/mol. The van der Waals surface area contributed by atoms with Crippen LogP contribution in [-0.2, 0) is 13.1 Å². The van der Waals surface area contributed by atoms with Crippen molar-refractivity contribution in [3.8, 4) is 0 Å². The van der Waals surface area contributed by atoms with Gasteiger partial charge in [0, 0.05) is 24.7 Å². The summed E-state index contributed by atoms with van der Waals surface area (Å²) in [6, 6.07) is 16.7. The molecule has 0 radical (unpaired) electrons. The summed E-state index contributed by atoms with van der Waals surface area (Å²) in [6.07, 6.45) is 3.05. The Kier molecular flexibility index (Phi) is 6.32. The monoisotopic (exact) mass is 378 g/mol. The van der Waals surface area contributed by atoms with E-state index in [1.165, 1.54) is 17.8 Å². The predicted octanol–water partition coefficient (Wildman–Crippen LogP) is 3.96. The fourth-order valence-corrected chi connectivity index (χ4v) is 2.80. The zero-order valence-corrected chi connectivity index (χ0v) is 16.0. The first-order chi connectivity index (χ1) is 13.5. The lowest BCUT2D eigenvalue weighted by Gasteiger charge is -2.27. The molecule has 0 spiro atoms. The summed E-state index contributed by atoms with van der Waals surface area (Å²) >= 11 is 0. The molecule has 0 saturated carbocycles. The number of hydrogen-bond donors (Lipinski definition) is 1. The smallest absolute Gasteiger partial charge is 0.271 e. The maximum Gasteiger partial charge on any atom is 0.271 e. The summed E-state index contributed by atoms with van der Waals surface area (Å²) in [5.41, 5.74) is 1.79. The summed E-state index contributed by atoms with van der Waals surface area (Å²) < 4.78 is 13.7. The molecule has 5 nitrogen and oxygen atoms in total. The van der Waals surface area contributed by atoms with E-state index < -0.39 is 0 Å². The lowest BCUT2D eigenvalue weighted by Crippen LogP contribution is -2.31. The van der Waals surface area contributed by atoms with Crippen LogP contribution in [0.15, 0.2) is 67.0 Å². The van der Waals surface area contributed by atoms with Crippen LogP contribution < -0.4 is 10.2 Å². The Hall–Kier alpha value is -3.28. The van der Waals surface area contributed by atoms with Gasteiger partial charge >= 0.3 is 0 Å². The second kappa shape index (κ2) is 9.08. The van der Waals surface area contributed by atoms with Gasteiger partial charge in [0.1, 0.15) is 17.3 Å². The molecule has 0 aliphatic heterocycles. The molecule has 6 heteroatoms. The Morgan fingerprint density at radius 1 is 1.04 bits per heavy atom. The van der Waals surface area contributed by atoms with E-state index >= 15 is 0 Å². The first-order valence-corrected chi connectivity index (χ1v) is 9.19. The van der Waals surface area contributed by atoms with Crippen LogP contribution in [0.5, 0.6) is 0 Å². The van der Waals surface area contributed by atoms with E-state index in [1.54, 1.807) is 24.4 Å². The van der Waals surface area contributed by atoms with Crippen LogP contribution in [-0.4, -0.2) is 21.9 Å². The van der Waals surface area contributed by atoms with Crippen molar-refractivity contribution in [3.05, 3.63) is 89.6 Å². The fourth-order valence-electron chi connectivity index (χ4n) is 2.80. The molecule has 0 aliphatic rings. The highest BCUT2D eigenvalue weighted by Crippen LogP contribution is 2.17. The maximum atomic E-state index is 13.7. The highest BCUT2D eigenvalue weighted by molar-refractivity contribution is 5.91. The average Bonchev–Trinajstić information content (AvgIpc) is 2.72. The number of anilines is 1. The summed E-state index contributed by atoms with van der Waals surface area (Å²) in [5.74, 6) is -0.0383. The first kappa shape index (κ1) is 19.5. The summed E-state index contributed by atoms with van der Waals surface area (Å²) in [4.78, 5) is 23.1. The van der Waals surface area contributed by atoms with E-state index in [-0.39, 0.29) is 30.0 Å². The minimum Gasteiger partial charge on any atom is -0.349 e. The third-order valence-corrected chi connectivity index (χ3v) is 4.38. The third-order valence-electron chi connectivity index (χ3n) is 4.38. The van der Waals surface area contributed by atoms with Crippen molar-refractivity contribution >= 4 is 11.7 Å². The Morgan fingerprint density at radius 2 is 1.75 bits per heavy atom. The van der Waals surface area contributed by atoms with Gasteiger partial charge < -0.3 is 10.2 Å². The quantitative estimate of drug-likeness (QED) is 0.676. The Balaban J connectivity index is 1.67. The molecule has 1 heterocycles. The zero-order chi connectivity index (χ0) is 19.9. The molecule has 3 rings (SSSR count). The molecule has 0 unspecified atom stereocenters. The Morgan fingerprint density at radius 3 is 2.39 bits per heavy atom. The second-order valence-corrected chi connectivity index (χ2v) is 6.74. The number of benzene rings is 2. The number of amides is 1. The van der Waals surface area contributed by atoms with Gasteiger partial charge in [-0.25, -0.2) is 14.4 Å². The summed E-state index contributed by atoms with van der Waals surface area (Å²) in [7, 11) is 0. The molecule has 0 saturated heterocycles. The minimum absolute atomic E-state index is 0.0983. The normalized spacial score (nSPS) is 10.7. The van der Waals surface area contributed by atoms with Crippen LogP contribution in [0.1, 0.15) is 35.5 Å². The molecule has 0 atom stereocenters. The van der Waals surface area contributed by atoms with Crippen molar-refractivity contribution in [2.75, 3.05) is 4.90 Å². The maximum absolute atomic E-state index is 13.7. The largest absolute Gasteiger partial charge is 0.349 e. The number of aromatic nitrogens is 2. The third kappa shape index (κ3) is 4.91. The van der Waals surface area contributed by atoms with E-state index in [4.69, 9.17) is 0 Å². The molecule has 144 valence electrons. The molecule has 1 amide bonds. The first-order valence-electron chi connectivity index (χ1n) is 9.19. The highest BCUT2D eigenvalue weighted by atomic mass is 19.1. The minimum atomic E-state index is -0.388. The molecule has 0 aliphatic carbocycles. The average molecular weight is 378 g/mol.